The van der Waals surface area contributed by atoms with E-state index >= 15 is 0 Å². The maximum absolute atomic E-state index is 13.2. The number of carbonyl (C=O) groups excluding carboxylic acids is 2. The number of hydrogen-bond acceptors (Lipinski definition) is 3. The lowest BCUT2D eigenvalue weighted by Gasteiger charge is -2.38. The summed E-state index contributed by atoms with van der Waals surface area (Å²) < 4.78 is 38.5. The first-order valence-corrected chi connectivity index (χ1v) is 11.4. The van der Waals surface area contributed by atoms with Crippen LogP contribution in [0.1, 0.15) is 33.1 Å². The summed E-state index contributed by atoms with van der Waals surface area (Å²) in [5.41, 5.74) is 1.29. The number of piperazine rings is 1. The molecule has 5 nitrogen and oxygen atoms in total. The fourth-order valence-electron chi connectivity index (χ4n) is 4.21. The Labute approximate surface area is 202 Å². The zero-order valence-electron chi connectivity index (χ0n) is 19.0. The van der Waals surface area contributed by atoms with Gasteiger partial charge in [-0.05, 0) is 35.4 Å². The molecule has 1 saturated heterocycles. The molecule has 0 radical (unpaired) electrons. The Morgan fingerprint density at radius 2 is 1.37 bits per heavy atom. The van der Waals surface area contributed by atoms with Crippen molar-refractivity contribution < 1.29 is 22.8 Å². The molecule has 1 aliphatic heterocycles. The second-order valence-electron chi connectivity index (χ2n) is 8.42. The number of nitrogens with zero attached hydrogens (tertiary/aromatic N) is 2. The molecule has 1 fully saturated rings. The highest BCUT2D eigenvalue weighted by molar-refractivity contribution is 5.94. The quantitative estimate of drug-likeness (QED) is 0.563. The van der Waals surface area contributed by atoms with E-state index in [-0.39, 0.29) is 17.4 Å². The van der Waals surface area contributed by atoms with Crippen LogP contribution in [0.3, 0.4) is 0 Å². The predicted octanol–water partition coefficient (Wildman–Crippen LogP) is 4.52. The van der Waals surface area contributed by atoms with E-state index in [1.165, 1.54) is 12.1 Å². The number of carbonyl (C=O) groups is 2. The average molecular weight is 482 g/mol. The van der Waals surface area contributed by atoms with Crippen molar-refractivity contribution in [3.8, 4) is 0 Å². The molecule has 0 aliphatic carbocycles. The molecule has 182 valence electrons. The minimum Gasteiger partial charge on any atom is -0.350 e. The topological polar surface area (TPSA) is 52.7 Å². The number of nitrogens with one attached hydrogen (secondary N) is 1. The zero-order valence-corrected chi connectivity index (χ0v) is 19.0. The molecule has 0 aromatic heterocycles. The third-order valence-corrected chi connectivity index (χ3v) is 6.10. The third-order valence-electron chi connectivity index (χ3n) is 6.10. The lowest BCUT2D eigenvalue weighted by molar-refractivity contribution is -0.137. The van der Waals surface area contributed by atoms with Crippen LogP contribution in [-0.2, 0) is 17.5 Å². The van der Waals surface area contributed by atoms with Crippen molar-refractivity contribution in [2.24, 2.45) is 0 Å². The Kier molecular flexibility index (Phi) is 7.51. The van der Waals surface area contributed by atoms with Crippen LogP contribution in [0.15, 0.2) is 84.9 Å². The second kappa shape index (κ2) is 10.7. The van der Waals surface area contributed by atoms with Gasteiger partial charge in [-0.3, -0.25) is 14.5 Å². The van der Waals surface area contributed by atoms with Crippen molar-refractivity contribution in [2.45, 2.75) is 18.8 Å². The van der Waals surface area contributed by atoms with Crippen LogP contribution < -0.4 is 5.32 Å². The summed E-state index contributed by atoms with van der Waals surface area (Å²) >= 11 is 0. The molecule has 0 bridgehead atoms. The molecule has 1 heterocycles. The largest absolute Gasteiger partial charge is 0.416 e. The highest BCUT2D eigenvalue weighted by Gasteiger charge is 2.33. The zero-order chi connectivity index (χ0) is 24.8. The van der Waals surface area contributed by atoms with Crippen molar-refractivity contribution in [1.82, 2.24) is 15.1 Å². The summed E-state index contributed by atoms with van der Waals surface area (Å²) in [4.78, 5) is 29.7. The Hall–Kier alpha value is -3.65. The third kappa shape index (κ3) is 6.08. The Morgan fingerprint density at radius 3 is 1.94 bits per heavy atom. The standard InChI is InChI=1S/C27H26F3N3O2/c28-27(29,30)23-13-11-22(12-14-23)26(35)33-17-15-32(16-18-33)24(21-9-5-2-6-10-21)25(34)31-19-20-7-3-1-4-8-20/h1-14,24H,15-19H2,(H,31,34). The first-order chi connectivity index (χ1) is 16.8. The van der Waals surface area contributed by atoms with Crippen LogP contribution in [0, 0.1) is 0 Å². The molecule has 4 rings (SSSR count). The number of benzene rings is 3. The molecule has 1 aliphatic rings. The van der Waals surface area contributed by atoms with Crippen molar-refractivity contribution in [1.29, 1.82) is 0 Å². The summed E-state index contributed by atoms with van der Waals surface area (Å²) in [7, 11) is 0. The van der Waals surface area contributed by atoms with Crippen LogP contribution in [0.2, 0.25) is 0 Å². The molecule has 1 atom stereocenters. The highest BCUT2D eigenvalue weighted by Crippen LogP contribution is 2.29. The first kappa shape index (κ1) is 24.5. The van der Waals surface area contributed by atoms with E-state index in [1.54, 1.807) is 4.90 Å². The van der Waals surface area contributed by atoms with Gasteiger partial charge in [-0.2, -0.15) is 13.2 Å². The SMILES string of the molecule is O=C(NCc1ccccc1)C(c1ccccc1)N1CCN(C(=O)c2ccc(C(F)(F)F)cc2)CC1. The van der Waals surface area contributed by atoms with E-state index in [4.69, 9.17) is 0 Å². The molecule has 0 saturated carbocycles. The van der Waals surface area contributed by atoms with Crippen LogP contribution in [0.4, 0.5) is 13.2 Å². The van der Waals surface area contributed by atoms with Crippen LogP contribution >= 0.6 is 0 Å². The Bertz CT molecular complexity index is 1130. The molecule has 3 aromatic carbocycles. The van der Waals surface area contributed by atoms with Gasteiger partial charge in [0.2, 0.25) is 5.91 Å². The summed E-state index contributed by atoms with van der Waals surface area (Å²) in [6, 6.07) is 22.9. The molecule has 3 aromatic rings. The fourth-order valence-corrected chi connectivity index (χ4v) is 4.21. The molecule has 1 unspecified atom stereocenters. The molecular weight excluding hydrogens is 455 g/mol. The minimum absolute atomic E-state index is 0.123. The summed E-state index contributed by atoms with van der Waals surface area (Å²) in [6.07, 6.45) is -4.44. The molecular formula is C27H26F3N3O2. The highest BCUT2D eigenvalue weighted by atomic mass is 19.4. The maximum Gasteiger partial charge on any atom is 0.416 e. The maximum atomic E-state index is 13.2. The number of hydrogen-bond donors (Lipinski definition) is 1. The van der Waals surface area contributed by atoms with Gasteiger partial charge in [0.15, 0.2) is 0 Å². The summed E-state index contributed by atoms with van der Waals surface area (Å²) in [5, 5.41) is 3.02. The second-order valence-corrected chi connectivity index (χ2v) is 8.42. The van der Waals surface area contributed by atoms with E-state index < -0.39 is 17.8 Å². The van der Waals surface area contributed by atoms with Crippen LogP contribution in [0.25, 0.3) is 0 Å². The molecule has 35 heavy (non-hydrogen) atoms. The van der Waals surface area contributed by atoms with Gasteiger partial charge in [0, 0.05) is 38.3 Å². The van der Waals surface area contributed by atoms with Crippen molar-refractivity contribution in [2.75, 3.05) is 26.2 Å². The molecule has 1 N–H and O–H groups in total. The molecule has 0 spiro atoms. The van der Waals surface area contributed by atoms with E-state index in [9.17, 15) is 22.8 Å². The van der Waals surface area contributed by atoms with E-state index in [0.29, 0.717) is 32.7 Å². The van der Waals surface area contributed by atoms with Gasteiger partial charge in [-0.1, -0.05) is 60.7 Å². The first-order valence-electron chi connectivity index (χ1n) is 11.4. The predicted molar refractivity (Wildman–Crippen MR) is 126 cm³/mol. The average Bonchev–Trinajstić information content (AvgIpc) is 2.88. The number of rotatable bonds is 6. The normalized spacial score (nSPS) is 15.5. The number of halogens is 3. The van der Waals surface area contributed by atoms with Gasteiger partial charge in [-0.15, -0.1) is 0 Å². The van der Waals surface area contributed by atoms with Crippen molar-refractivity contribution in [3.63, 3.8) is 0 Å². The summed E-state index contributed by atoms with van der Waals surface area (Å²) in [5.74, 6) is -0.439. The van der Waals surface area contributed by atoms with Gasteiger partial charge in [0.1, 0.15) is 6.04 Å². The smallest absolute Gasteiger partial charge is 0.350 e. The van der Waals surface area contributed by atoms with Crippen LogP contribution in [-0.4, -0.2) is 47.8 Å². The van der Waals surface area contributed by atoms with Gasteiger partial charge < -0.3 is 10.2 Å². The number of alkyl halides is 3. The Morgan fingerprint density at radius 1 is 0.800 bits per heavy atom. The number of amides is 2. The lowest BCUT2D eigenvalue weighted by atomic mass is 10.0. The van der Waals surface area contributed by atoms with Crippen LogP contribution in [0.5, 0.6) is 0 Å². The van der Waals surface area contributed by atoms with Crippen molar-refractivity contribution >= 4 is 11.8 Å². The molecule has 8 heteroatoms. The van der Waals surface area contributed by atoms with Gasteiger partial charge in [0.25, 0.3) is 5.91 Å². The minimum atomic E-state index is -4.44. The summed E-state index contributed by atoms with van der Waals surface area (Å²) in [6.45, 7) is 2.08. The van der Waals surface area contributed by atoms with Gasteiger partial charge >= 0.3 is 6.18 Å². The fraction of sp³-hybridized carbons (Fsp3) is 0.259. The van der Waals surface area contributed by atoms with Gasteiger partial charge in [-0.25, -0.2) is 0 Å². The van der Waals surface area contributed by atoms with E-state index in [2.05, 4.69) is 5.32 Å². The monoisotopic (exact) mass is 481 g/mol. The Balaban J connectivity index is 1.42. The van der Waals surface area contributed by atoms with Crippen molar-refractivity contribution in [3.05, 3.63) is 107 Å². The molecule has 2 amide bonds. The van der Waals surface area contributed by atoms with Gasteiger partial charge in [0.05, 0.1) is 5.56 Å². The van der Waals surface area contributed by atoms with E-state index in [0.717, 1.165) is 23.3 Å². The van der Waals surface area contributed by atoms with E-state index in [1.807, 2.05) is 65.6 Å². The lowest BCUT2D eigenvalue weighted by Crippen LogP contribution is -2.52.